The molecule has 0 amide bonds. The lowest BCUT2D eigenvalue weighted by Gasteiger charge is -2.32. The van der Waals surface area contributed by atoms with Crippen molar-refractivity contribution in [2.45, 2.75) is 12.8 Å². The molecule has 0 N–H and O–H groups in total. The molecule has 18 heavy (non-hydrogen) atoms. The Kier molecular flexibility index (Phi) is 4.06. The van der Waals surface area contributed by atoms with Crippen molar-refractivity contribution in [1.29, 1.82) is 0 Å². The van der Waals surface area contributed by atoms with Crippen LogP contribution in [0.15, 0.2) is 6.07 Å². The van der Waals surface area contributed by atoms with Crippen molar-refractivity contribution < 1.29 is 17.9 Å². The van der Waals surface area contributed by atoms with Crippen LogP contribution in [0.25, 0.3) is 0 Å². The number of ether oxygens (including phenoxy) is 1. The smallest absolute Gasteiger partial charge is 0.251 e. The van der Waals surface area contributed by atoms with E-state index in [9.17, 15) is 13.2 Å². The van der Waals surface area contributed by atoms with Crippen LogP contribution < -0.4 is 4.90 Å². The molecule has 0 spiro atoms. The number of nitrogens with zero attached hydrogens (tertiary/aromatic N) is 2. The first kappa shape index (κ1) is 13.1. The third-order valence-corrected chi connectivity index (χ3v) is 3.18. The Balaban J connectivity index is 2.07. The van der Waals surface area contributed by atoms with E-state index < -0.39 is 17.6 Å². The van der Waals surface area contributed by atoms with Crippen LogP contribution in [0.3, 0.4) is 0 Å². The Hall–Kier alpha value is -1.30. The molecule has 3 nitrogen and oxygen atoms in total. The summed E-state index contributed by atoms with van der Waals surface area (Å²) in [5.41, 5.74) is 0. The van der Waals surface area contributed by atoms with E-state index in [2.05, 4.69) is 4.98 Å². The normalized spacial score (nSPS) is 17.2. The quantitative estimate of drug-likeness (QED) is 0.780. The van der Waals surface area contributed by atoms with Crippen LogP contribution in [0.2, 0.25) is 0 Å². The van der Waals surface area contributed by atoms with Gasteiger partial charge in [-0.1, -0.05) is 0 Å². The molecule has 0 radical (unpaired) electrons. The van der Waals surface area contributed by atoms with Crippen LogP contribution >= 0.6 is 0 Å². The van der Waals surface area contributed by atoms with E-state index in [1.807, 2.05) is 0 Å². The number of anilines is 1. The Morgan fingerprint density at radius 1 is 1.28 bits per heavy atom. The molecule has 0 unspecified atom stereocenters. The van der Waals surface area contributed by atoms with Crippen molar-refractivity contribution >= 4 is 5.82 Å². The van der Waals surface area contributed by atoms with E-state index >= 15 is 0 Å². The zero-order valence-electron chi connectivity index (χ0n) is 10.1. The van der Waals surface area contributed by atoms with Gasteiger partial charge in [0.15, 0.2) is 17.5 Å². The van der Waals surface area contributed by atoms with Crippen LogP contribution in [0.4, 0.5) is 19.0 Å². The maximum atomic E-state index is 13.5. The van der Waals surface area contributed by atoms with Gasteiger partial charge in [0.2, 0.25) is 0 Å². The number of hydrogen-bond acceptors (Lipinski definition) is 3. The molecule has 0 bridgehead atoms. The zero-order valence-corrected chi connectivity index (χ0v) is 10.1. The molecule has 0 aromatic carbocycles. The van der Waals surface area contributed by atoms with E-state index in [4.69, 9.17) is 4.74 Å². The summed E-state index contributed by atoms with van der Waals surface area (Å²) < 4.78 is 44.4. The second-order valence-corrected chi connectivity index (χ2v) is 4.45. The maximum Gasteiger partial charge on any atom is 0.251 e. The minimum atomic E-state index is -1.26. The third-order valence-electron chi connectivity index (χ3n) is 3.18. The highest BCUT2D eigenvalue weighted by Gasteiger charge is 2.23. The van der Waals surface area contributed by atoms with Crippen LogP contribution in [0.5, 0.6) is 0 Å². The molecule has 100 valence electrons. The van der Waals surface area contributed by atoms with Crippen molar-refractivity contribution in [3.05, 3.63) is 23.6 Å². The lowest BCUT2D eigenvalue weighted by atomic mass is 9.98. The number of pyridine rings is 1. The molecule has 1 fully saturated rings. The first-order chi connectivity index (χ1) is 8.61. The largest absolute Gasteiger partial charge is 0.384 e. The van der Waals surface area contributed by atoms with Gasteiger partial charge in [-0.05, 0) is 18.8 Å². The summed E-state index contributed by atoms with van der Waals surface area (Å²) in [6.07, 6.45) is 1.65. The van der Waals surface area contributed by atoms with Gasteiger partial charge in [0.1, 0.15) is 0 Å². The van der Waals surface area contributed by atoms with E-state index in [0.29, 0.717) is 31.7 Å². The molecule has 1 aromatic rings. The molecular weight excluding hydrogens is 245 g/mol. The highest BCUT2D eigenvalue weighted by molar-refractivity contribution is 5.40. The third kappa shape index (κ3) is 2.75. The molecule has 0 saturated carbocycles. The van der Waals surface area contributed by atoms with Gasteiger partial charge in [-0.3, -0.25) is 0 Å². The van der Waals surface area contributed by atoms with E-state index in [1.54, 1.807) is 12.0 Å². The number of halogens is 3. The van der Waals surface area contributed by atoms with Gasteiger partial charge in [0, 0.05) is 32.9 Å². The fourth-order valence-electron chi connectivity index (χ4n) is 2.20. The lowest BCUT2D eigenvalue weighted by molar-refractivity contribution is 0.139. The number of aromatic nitrogens is 1. The van der Waals surface area contributed by atoms with Crippen molar-refractivity contribution in [1.82, 2.24) is 4.98 Å². The van der Waals surface area contributed by atoms with Crippen molar-refractivity contribution in [3.8, 4) is 0 Å². The Morgan fingerprint density at radius 3 is 2.56 bits per heavy atom. The molecule has 1 aliphatic heterocycles. The summed E-state index contributed by atoms with van der Waals surface area (Å²) in [6.45, 7) is 1.81. The van der Waals surface area contributed by atoms with Gasteiger partial charge in [0.25, 0.3) is 5.95 Å². The predicted molar refractivity (Wildman–Crippen MR) is 60.9 cm³/mol. The second-order valence-electron chi connectivity index (χ2n) is 4.45. The Bertz CT molecular complexity index is 420. The van der Waals surface area contributed by atoms with Crippen molar-refractivity contribution in [3.63, 3.8) is 0 Å². The number of piperidine rings is 1. The molecule has 2 heterocycles. The van der Waals surface area contributed by atoms with Crippen LogP contribution in [-0.4, -0.2) is 31.8 Å². The van der Waals surface area contributed by atoms with Gasteiger partial charge in [-0.2, -0.15) is 9.37 Å². The van der Waals surface area contributed by atoms with Gasteiger partial charge < -0.3 is 9.64 Å². The van der Waals surface area contributed by atoms with E-state index in [-0.39, 0.29) is 5.82 Å². The van der Waals surface area contributed by atoms with E-state index in [1.165, 1.54) is 0 Å². The molecule has 1 aromatic heterocycles. The Morgan fingerprint density at radius 2 is 1.94 bits per heavy atom. The standard InChI is InChI=1S/C12H15F3N2O/c1-18-7-8-2-4-17(5-3-8)12-10(14)6-9(13)11(15)16-12/h6,8H,2-5,7H2,1H3. The maximum absolute atomic E-state index is 13.5. The molecule has 2 rings (SSSR count). The van der Waals surface area contributed by atoms with Crippen LogP contribution in [-0.2, 0) is 4.74 Å². The summed E-state index contributed by atoms with van der Waals surface area (Å²) in [5.74, 6) is -3.01. The minimum absolute atomic E-state index is 0.107. The van der Waals surface area contributed by atoms with E-state index in [0.717, 1.165) is 12.8 Å². The monoisotopic (exact) mass is 260 g/mol. The van der Waals surface area contributed by atoms with Gasteiger partial charge >= 0.3 is 0 Å². The SMILES string of the molecule is COCC1CCN(c2nc(F)c(F)cc2F)CC1. The van der Waals surface area contributed by atoms with Gasteiger partial charge in [-0.15, -0.1) is 0 Å². The summed E-state index contributed by atoms with van der Waals surface area (Å²) >= 11 is 0. The van der Waals surface area contributed by atoms with Crippen molar-refractivity contribution in [2.24, 2.45) is 5.92 Å². The summed E-state index contributed by atoms with van der Waals surface area (Å²) in [4.78, 5) is 4.99. The van der Waals surface area contributed by atoms with Crippen LogP contribution in [0, 0.1) is 23.5 Å². The summed E-state index contributed by atoms with van der Waals surface area (Å²) in [5, 5.41) is 0. The average molecular weight is 260 g/mol. The van der Waals surface area contributed by atoms with Gasteiger partial charge in [-0.25, -0.2) is 8.78 Å². The lowest BCUT2D eigenvalue weighted by Crippen LogP contribution is -2.36. The highest BCUT2D eigenvalue weighted by atomic mass is 19.2. The second kappa shape index (κ2) is 5.56. The first-order valence-electron chi connectivity index (χ1n) is 5.87. The molecule has 1 saturated heterocycles. The number of methoxy groups -OCH3 is 1. The van der Waals surface area contributed by atoms with Crippen LogP contribution in [0.1, 0.15) is 12.8 Å². The average Bonchev–Trinajstić information content (AvgIpc) is 2.35. The van der Waals surface area contributed by atoms with Crippen molar-refractivity contribution in [2.75, 3.05) is 31.7 Å². The molecule has 0 atom stereocenters. The predicted octanol–water partition coefficient (Wildman–Crippen LogP) is 2.36. The zero-order chi connectivity index (χ0) is 13.1. The molecule has 0 aliphatic carbocycles. The fraction of sp³-hybridized carbons (Fsp3) is 0.583. The first-order valence-corrected chi connectivity index (χ1v) is 5.87. The number of rotatable bonds is 3. The summed E-state index contributed by atoms with van der Waals surface area (Å²) in [6, 6.07) is 0.541. The Labute approximate surface area is 104 Å². The highest BCUT2D eigenvalue weighted by Crippen LogP contribution is 2.25. The molecule has 6 heteroatoms. The number of hydrogen-bond donors (Lipinski definition) is 0. The fourth-order valence-corrected chi connectivity index (χ4v) is 2.20. The molecular formula is C12H15F3N2O. The van der Waals surface area contributed by atoms with Gasteiger partial charge in [0.05, 0.1) is 0 Å². The molecule has 1 aliphatic rings. The topological polar surface area (TPSA) is 25.4 Å². The summed E-state index contributed by atoms with van der Waals surface area (Å²) in [7, 11) is 1.64. The minimum Gasteiger partial charge on any atom is -0.384 e.